The van der Waals surface area contributed by atoms with Crippen molar-refractivity contribution in [1.82, 2.24) is 0 Å². The second-order valence-corrected chi connectivity index (χ2v) is 6.78. The zero-order valence-corrected chi connectivity index (χ0v) is 13.8. The predicted molar refractivity (Wildman–Crippen MR) is 88.1 cm³/mol. The van der Waals surface area contributed by atoms with Gasteiger partial charge in [-0.1, -0.05) is 17.7 Å². The SMILES string of the molecule is Cc1ccc(NC(=O)COc2ccc(Cl)cc2)cc1S(N)(=O)=O. The van der Waals surface area contributed by atoms with Crippen molar-refractivity contribution in [2.75, 3.05) is 11.9 Å². The quantitative estimate of drug-likeness (QED) is 0.860. The van der Waals surface area contributed by atoms with Crippen LogP contribution in [0.2, 0.25) is 5.02 Å². The topological polar surface area (TPSA) is 98.5 Å². The second-order valence-electron chi connectivity index (χ2n) is 4.82. The van der Waals surface area contributed by atoms with E-state index in [0.717, 1.165) is 0 Å². The molecule has 0 radical (unpaired) electrons. The first-order valence-electron chi connectivity index (χ1n) is 6.57. The highest BCUT2D eigenvalue weighted by atomic mass is 35.5. The van der Waals surface area contributed by atoms with Crippen LogP contribution in [-0.2, 0) is 14.8 Å². The van der Waals surface area contributed by atoms with Gasteiger partial charge < -0.3 is 10.1 Å². The number of ether oxygens (including phenoxy) is 1. The lowest BCUT2D eigenvalue weighted by atomic mass is 10.2. The molecule has 0 aromatic heterocycles. The standard InChI is InChI=1S/C15H15ClN2O4S/c1-10-2-5-12(8-14(10)23(17,20)21)18-15(19)9-22-13-6-3-11(16)4-7-13/h2-8H,9H2,1H3,(H,18,19)(H2,17,20,21). The number of primary sulfonamides is 1. The Kier molecular flexibility index (Phi) is 5.25. The van der Waals surface area contributed by atoms with Gasteiger partial charge in [-0.3, -0.25) is 4.79 Å². The summed E-state index contributed by atoms with van der Waals surface area (Å²) in [5.41, 5.74) is 0.826. The summed E-state index contributed by atoms with van der Waals surface area (Å²) in [5, 5.41) is 8.25. The van der Waals surface area contributed by atoms with Crippen LogP contribution in [0.4, 0.5) is 5.69 Å². The lowest BCUT2D eigenvalue weighted by molar-refractivity contribution is -0.118. The van der Waals surface area contributed by atoms with E-state index in [9.17, 15) is 13.2 Å². The van der Waals surface area contributed by atoms with Crippen LogP contribution in [0.1, 0.15) is 5.56 Å². The minimum Gasteiger partial charge on any atom is -0.484 e. The van der Waals surface area contributed by atoms with E-state index in [1.807, 2.05) is 0 Å². The number of carbonyl (C=O) groups excluding carboxylic acids is 1. The van der Waals surface area contributed by atoms with Crippen LogP contribution in [0.3, 0.4) is 0 Å². The van der Waals surface area contributed by atoms with Gasteiger partial charge in [0.15, 0.2) is 6.61 Å². The monoisotopic (exact) mass is 354 g/mol. The first-order chi connectivity index (χ1) is 10.8. The number of rotatable bonds is 5. The van der Waals surface area contributed by atoms with E-state index in [-0.39, 0.29) is 11.5 Å². The zero-order valence-electron chi connectivity index (χ0n) is 12.2. The van der Waals surface area contributed by atoms with Crippen LogP contribution in [0.5, 0.6) is 5.75 Å². The van der Waals surface area contributed by atoms with Crippen LogP contribution in [0, 0.1) is 6.92 Å². The summed E-state index contributed by atoms with van der Waals surface area (Å²) < 4.78 is 28.2. The van der Waals surface area contributed by atoms with Crippen LogP contribution >= 0.6 is 11.6 Å². The summed E-state index contributed by atoms with van der Waals surface area (Å²) >= 11 is 5.75. The molecule has 2 aromatic carbocycles. The van der Waals surface area contributed by atoms with Crippen molar-refractivity contribution in [1.29, 1.82) is 0 Å². The molecule has 0 bridgehead atoms. The summed E-state index contributed by atoms with van der Waals surface area (Å²) in [6, 6.07) is 11.0. The van der Waals surface area contributed by atoms with Gasteiger partial charge >= 0.3 is 0 Å². The molecule has 2 rings (SSSR count). The molecule has 0 heterocycles. The number of hydrogen-bond acceptors (Lipinski definition) is 4. The molecule has 122 valence electrons. The van der Waals surface area contributed by atoms with E-state index in [1.54, 1.807) is 43.3 Å². The van der Waals surface area contributed by atoms with Crippen molar-refractivity contribution in [3.63, 3.8) is 0 Å². The molecule has 0 atom stereocenters. The average Bonchev–Trinajstić information content (AvgIpc) is 2.47. The number of nitrogens with two attached hydrogens (primary N) is 1. The third-order valence-electron chi connectivity index (χ3n) is 2.96. The maximum atomic E-state index is 11.9. The van der Waals surface area contributed by atoms with Gasteiger partial charge in [0, 0.05) is 10.7 Å². The van der Waals surface area contributed by atoms with E-state index < -0.39 is 15.9 Å². The van der Waals surface area contributed by atoms with Gasteiger partial charge in [0.1, 0.15) is 5.75 Å². The predicted octanol–water partition coefficient (Wildman–Crippen LogP) is 2.31. The average molecular weight is 355 g/mol. The van der Waals surface area contributed by atoms with E-state index in [4.69, 9.17) is 21.5 Å². The van der Waals surface area contributed by atoms with Gasteiger partial charge in [0.25, 0.3) is 5.91 Å². The first-order valence-corrected chi connectivity index (χ1v) is 8.50. The highest BCUT2D eigenvalue weighted by Gasteiger charge is 2.13. The summed E-state index contributed by atoms with van der Waals surface area (Å²) in [7, 11) is -3.85. The smallest absolute Gasteiger partial charge is 0.262 e. The van der Waals surface area contributed by atoms with Crippen LogP contribution in [0.15, 0.2) is 47.4 Å². The third-order valence-corrected chi connectivity index (χ3v) is 4.27. The molecule has 8 heteroatoms. The maximum Gasteiger partial charge on any atom is 0.262 e. The molecule has 0 fully saturated rings. The van der Waals surface area contributed by atoms with Crippen molar-refractivity contribution in [3.8, 4) is 5.75 Å². The number of benzene rings is 2. The number of aryl methyl sites for hydroxylation is 1. The number of halogens is 1. The van der Waals surface area contributed by atoms with E-state index in [2.05, 4.69) is 5.32 Å². The molecule has 23 heavy (non-hydrogen) atoms. The van der Waals surface area contributed by atoms with Gasteiger partial charge in [-0.25, -0.2) is 13.6 Å². The summed E-state index contributed by atoms with van der Waals surface area (Å²) in [6.07, 6.45) is 0. The van der Waals surface area contributed by atoms with Gasteiger partial charge in [-0.05, 0) is 48.9 Å². The lowest BCUT2D eigenvalue weighted by Gasteiger charge is -2.10. The first kappa shape index (κ1) is 17.3. The Balaban J connectivity index is 2.01. The van der Waals surface area contributed by atoms with Crippen LogP contribution in [-0.4, -0.2) is 20.9 Å². The minimum atomic E-state index is -3.85. The van der Waals surface area contributed by atoms with Crippen LogP contribution < -0.4 is 15.2 Å². The Morgan fingerprint density at radius 2 is 1.87 bits per heavy atom. The lowest BCUT2D eigenvalue weighted by Crippen LogP contribution is -2.21. The molecular weight excluding hydrogens is 340 g/mol. The maximum absolute atomic E-state index is 11.9. The normalized spacial score (nSPS) is 11.1. The van der Waals surface area contributed by atoms with Crippen molar-refractivity contribution < 1.29 is 17.9 Å². The Morgan fingerprint density at radius 1 is 1.22 bits per heavy atom. The van der Waals surface area contributed by atoms with Gasteiger partial charge in [0.05, 0.1) is 4.90 Å². The third kappa shape index (κ3) is 4.95. The summed E-state index contributed by atoms with van der Waals surface area (Å²) in [5.74, 6) is 0.0721. The number of sulfonamides is 1. The Labute approximate surface area is 139 Å². The van der Waals surface area contributed by atoms with E-state index in [0.29, 0.717) is 22.0 Å². The Bertz CT molecular complexity index is 820. The molecule has 0 aliphatic heterocycles. The van der Waals surface area contributed by atoms with Crippen molar-refractivity contribution >= 4 is 33.2 Å². The zero-order chi connectivity index (χ0) is 17.0. The fourth-order valence-electron chi connectivity index (χ4n) is 1.86. The largest absolute Gasteiger partial charge is 0.484 e. The Hall–Kier alpha value is -2.09. The molecule has 0 aliphatic rings. The highest BCUT2D eigenvalue weighted by molar-refractivity contribution is 7.89. The second kappa shape index (κ2) is 6.99. The number of amides is 1. The summed E-state index contributed by atoms with van der Waals surface area (Å²) in [4.78, 5) is 11.8. The molecular formula is C15H15ClN2O4S. The highest BCUT2D eigenvalue weighted by Crippen LogP contribution is 2.19. The number of hydrogen-bond donors (Lipinski definition) is 2. The van der Waals surface area contributed by atoms with E-state index >= 15 is 0 Å². The number of nitrogens with one attached hydrogen (secondary N) is 1. The molecule has 6 nitrogen and oxygen atoms in total. The van der Waals surface area contributed by atoms with Crippen molar-refractivity contribution in [2.45, 2.75) is 11.8 Å². The number of carbonyl (C=O) groups is 1. The van der Waals surface area contributed by atoms with Gasteiger partial charge in [0.2, 0.25) is 10.0 Å². The van der Waals surface area contributed by atoms with Gasteiger partial charge in [-0.15, -0.1) is 0 Å². The minimum absolute atomic E-state index is 0.0334. The van der Waals surface area contributed by atoms with Crippen molar-refractivity contribution in [3.05, 3.63) is 53.1 Å². The van der Waals surface area contributed by atoms with E-state index in [1.165, 1.54) is 6.07 Å². The molecule has 0 unspecified atom stereocenters. The molecule has 1 amide bonds. The van der Waals surface area contributed by atoms with Crippen molar-refractivity contribution in [2.24, 2.45) is 5.14 Å². The molecule has 0 saturated carbocycles. The molecule has 3 N–H and O–H groups in total. The van der Waals surface area contributed by atoms with Crippen LogP contribution in [0.25, 0.3) is 0 Å². The fraction of sp³-hybridized carbons (Fsp3) is 0.133. The van der Waals surface area contributed by atoms with Gasteiger partial charge in [-0.2, -0.15) is 0 Å². The molecule has 0 aliphatic carbocycles. The molecule has 0 spiro atoms. The molecule has 0 saturated heterocycles. The number of anilines is 1. The Morgan fingerprint density at radius 3 is 2.48 bits per heavy atom. The fourth-order valence-corrected chi connectivity index (χ4v) is 2.80. The summed E-state index contributed by atoms with van der Waals surface area (Å²) in [6.45, 7) is 1.40. The molecule has 2 aromatic rings.